The second-order valence-electron chi connectivity index (χ2n) is 4.93. The van der Waals surface area contributed by atoms with Crippen LogP contribution in [0.15, 0.2) is 18.2 Å². The Morgan fingerprint density at radius 3 is 2.35 bits per heavy atom. The second-order valence-corrected chi connectivity index (χ2v) is 5.37. The van der Waals surface area contributed by atoms with Crippen LogP contribution in [0, 0.1) is 0 Å². The van der Waals surface area contributed by atoms with E-state index in [1.54, 1.807) is 6.07 Å². The molecule has 1 saturated carbocycles. The number of benzene rings is 1. The summed E-state index contributed by atoms with van der Waals surface area (Å²) >= 11 is 5.93. The van der Waals surface area contributed by atoms with E-state index in [4.69, 9.17) is 11.6 Å². The Labute approximate surface area is 108 Å². The van der Waals surface area contributed by atoms with Gasteiger partial charge < -0.3 is 0 Å². The monoisotopic (exact) mass is 250 g/mol. The highest BCUT2D eigenvalue weighted by Crippen LogP contribution is 2.33. The molecule has 0 radical (unpaired) electrons. The topological polar surface area (TPSA) is 17.1 Å². The normalized spacial score (nSPS) is 18.4. The third kappa shape index (κ3) is 3.32. The van der Waals surface area contributed by atoms with Crippen LogP contribution >= 0.6 is 11.6 Å². The molecule has 17 heavy (non-hydrogen) atoms. The fourth-order valence-corrected chi connectivity index (χ4v) is 2.97. The molecule has 2 rings (SSSR count). The van der Waals surface area contributed by atoms with E-state index in [-0.39, 0.29) is 0 Å². The van der Waals surface area contributed by atoms with Crippen LogP contribution in [0.1, 0.15) is 66.8 Å². The van der Waals surface area contributed by atoms with Crippen LogP contribution in [0.25, 0.3) is 0 Å². The van der Waals surface area contributed by atoms with Gasteiger partial charge in [0.2, 0.25) is 0 Å². The van der Waals surface area contributed by atoms with Gasteiger partial charge in [-0.3, -0.25) is 4.79 Å². The summed E-state index contributed by atoms with van der Waals surface area (Å²) in [6, 6.07) is 5.74. The molecular formula is C15H19ClO. The van der Waals surface area contributed by atoms with Gasteiger partial charge in [-0.05, 0) is 36.5 Å². The van der Waals surface area contributed by atoms with E-state index in [1.165, 1.54) is 50.5 Å². The number of rotatable bonds is 2. The van der Waals surface area contributed by atoms with Crippen molar-refractivity contribution in [3.63, 3.8) is 0 Å². The number of hydrogen-bond donors (Lipinski definition) is 0. The minimum Gasteiger partial charge on any atom is -0.298 e. The van der Waals surface area contributed by atoms with Crippen molar-refractivity contribution in [2.75, 3.05) is 0 Å². The zero-order valence-electron chi connectivity index (χ0n) is 10.1. The minimum atomic E-state index is 0.549. The van der Waals surface area contributed by atoms with Crippen molar-refractivity contribution in [1.29, 1.82) is 0 Å². The Balaban J connectivity index is 2.21. The van der Waals surface area contributed by atoms with E-state index >= 15 is 0 Å². The Morgan fingerprint density at radius 1 is 1.06 bits per heavy atom. The summed E-state index contributed by atoms with van der Waals surface area (Å²) in [6.45, 7) is 0. The lowest BCUT2D eigenvalue weighted by Crippen LogP contribution is -2.05. The molecular weight excluding hydrogens is 232 g/mol. The lowest BCUT2D eigenvalue weighted by atomic mass is 9.84. The summed E-state index contributed by atoms with van der Waals surface area (Å²) < 4.78 is 0. The van der Waals surface area contributed by atoms with Crippen LogP contribution in [0.3, 0.4) is 0 Å². The predicted octanol–water partition coefficient (Wildman–Crippen LogP) is 4.98. The smallest absolute Gasteiger partial charge is 0.150 e. The molecule has 0 bridgehead atoms. The first-order chi connectivity index (χ1) is 8.31. The molecule has 0 aliphatic heterocycles. The van der Waals surface area contributed by atoms with Crippen LogP contribution in [-0.2, 0) is 0 Å². The molecule has 1 aliphatic rings. The van der Waals surface area contributed by atoms with Gasteiger partial charge in [0.05, 0.1) is 0 Å². The SMILES string of the molecule is O=Cc1cc(Cl)ccc1C1CCCCCCC1. The lowest BCUT2D eigenvalue weighted by Gasteiger charge is -2.21. The van der Waals surface area contributed by atoms with Gasteiger partial charge in [-0.1, -0.05) is 49.8 Å². The zero-order valence-corrected chi connectivity index (χ0v) is 10.9. The van der Waals surface area contributed by atoms with Crippen LogP contribution in [0.5, 0.6) is 0 Å². The van der Waals surface area contributed by atoms with Gasteiger partial charge in [-0.2, -0.15) is 0 Å². The van der Waals surface area contributed by atoms with Crippen molar-refractivity contribution in [3.05, 3.63) is 34.3 Å². The zero-order chi connectivity index (χ0) is 12.1. The third-order valence-electron chi connectivity index (χ3n) is 3.72. The molecule has 2 heteroatoms. The maximum absolute atomic E-state index is 11.1. The Hall–Kier alpha value is -0.820. The molecule has 1 aliphatic carbocycles. The minimum absolute atomic E-state index is 0.549. The standard InChI is InChI=1S/C15H19ClO/c16-14-8-9-15(13(10-14)11-17)12-6-4-2-1-3-5-7-12/h8-12H,1-7H2. The second kappa shape index (κ2) is 6.20. The van der Waals surface area contributed by atoms with Gasteiger partial charge in [-0.15, -0.1) is 0 Å². The highest BCUT2D eigenvalue weighted by atomic mass is 35.5. The van der Waals surface area contributed by atoms with Crippen LogP contribution in [-0.4, -0.2) is 6.29 Å². The number of hydrogen-bond acceptors (Lipinski definition) is 1. The summed E-state index contributed by atoms with van der Waals surface area (Å²) in [7, 11) is 0. The lowest BCUT2D eigenvalue weighted by molar-refractivity contribution is 0.112. The third-order valence-corrected chi connectivity index (χ3v) is 3.96. The van der Waals surface area contributed by atoms with Crippen molar-refractivity contribution >= 4 is 17.9 Å². The molecule has 0 saturated heterocycles. The van der Waals surface area contributed by atoms with Gasteiger partial charge >= 0.3 is 0 Å². The Kier molecular flexibility index (Phi) is 4.61. The van der Waals surface area contributed by atoms with E-state index in [2.05, 4.69) is 0 Å². The molecule has 0 N–H and O–H groups in total. The van der Waals surface area contributed by atoms with Crippen molar-refractivity contribution in [3.8, 4) is 0 Å². The highest BCUT2D eigenvalue weighted by molar-refractivity contribution is 6.30. The van der Waals surface area contributed by atoms with Gasteiger partial charge in [0.1, 0.15) is 6.29 Å². The fraction of sp³-hybridized carbons (Fsp3) is 0.533. The van der Waals surface area contributed by atoms with Gasteiger partial charge in [-0.25, -0.2) is 0 Å². The van der Waals surface area contributed by atoms with Gasteiger partial charge in [0.25, 0.3) is 0 Å². The van der Waals surface area contributed by atoms with E-state index in [0.29, 0.717) is 10.9 Å². The molecule has 0 atom stereocenters. The molecule has 1 aromatic carbocycles. The van der Waals surface area contributed by atoms with Crippen molar-refractivity contribution in [2.45, 2.75) is 50.9 Å². The maximum Gasteiger partial charge on any atom is 0.150 e. The molecule has 0 amide bonds. The molecule has 0 spiro atoms. The van der Waals surface area contributed by atoms with E-state index < -0.39 is 0 Å². The van der Waals surface area contributed by atoms with E-state index in [0.717, 1.165) is 11.8 Å². The first kappa shape index (κ1) is 12.6. The summed E-state index contributed by atoms with van der Waals surface area (Å²) in [5.74, 6) is 0.549. The average molecular weight is 251 g/mol. The number of carbonyl (C=O) groups is 1. The predicted molar refractivity (Wildman–Crippen MR) is 71.9 cm³/mol. The quantitative estimate of drug-likeness (QED) is 0.677. The summed E-state index contributed by atoms with van der Waals surface area (Å²) in [6.07, 6.45) is 9.97. The average Bonchev–Trinajstić information content (AvgIpc) is 2.29. The van der Waals surface area contributed by atoms with Crippen LogP contribution in [0.2, 0.25) is 5.02 Å². The fourth-order valence-electron chi connectivity index (χ4n) is 2.79. The number of carbonyl (C=O) groups excluding carboxylic acids is 1. The number of aldehydes is 1. The summed E-state index contributed by atoms with van der Waals surface area (Å²) in [5, 5.41) is 0.654. The first-order valence-electron chi connectivity index (χ1n) is 6.56. The van der Waals surface area contributed by atoms with Crippen molar-refractivity contribution in [2.24, 2.45) is 0 Å². The van der Waals surface area contributed by atoms with Crippen LogP contribution < -0.4 is 0 Å². The molecule has 92 valence electrons. The van der Waals surface area contributed by atoms with E-state index in [1.807, 2.05) is 12.1 Å². The van der Waals surface area contributed by atoms with E-state index in [9.17, 15) is 4.79 Å². The van der Waals surface area contributed by atoms with Crippen molar-refractivity contribution in [1.82, 2.24) is 0 Å². The number of halogens is 1. The molecule has 0 unspecified atom stereocenters. The Bertz CT molecular complexity index is 379. The molecule has 1 nitrogen and oxygen atoms in total. The maximum atomic E-state index is 11.1. The largest absolute Gasteiger partial charge is 0.298 e. The van der Waals surface area contributed by atoms with Crippen molar-refractivity contribution < 1.29 is 4.79 Å². The highest BCUT2D eigenvalue weighted by Gasteiger charge is 2.16. The Morgan fingerprint density at radius 2 is 1.71 bits per heavy atom. The summed E-state index contributed by atoms with van der Waals surface area (Å²) in [5.41, 5.74) is 1.98. The van der Waals surface area contributed by atoms with Gasteiger partial charge in [0, 0.05) is 10.6 Å². The summed E-state index contributed by atoms with van der Waals surface area (Å²) in [4.78, 5) is 11.1. The molecule has 1 aromatic rings. The molecule has 0 aromatic heterocycles. The first-order valence-corrected chi connectivity index (χ1v) is 6.93. The molecule has 0 heterocycles. The van der Waals surface area contributed by atoms with Gasteiger partial charge in [0.15, 0.2) is 0 Å². The van der Waals surface area contributed by atoms with Crippen LogP contribution in [0.4, 0.5) is 0 Å². The molecule has 1 fully saturated rings.